The molecule has 1 heterocycles. The first-order valence-electron chi connectivity index (χ1n) is 9.34. The van der Waals surface area contributed by atoms with Gasteiger partial charge >= 0.3 is 6.09 Å². The van der Waals surface area contributed by atoms with Gasteiger partial charge in [-0.3, -0.25) is 4.79 Å². The largest absolute Gasteiger partial charge is 0.496 e. The molecule has 3 rings (SSSR count). The van der Waals surface area contributed by atoms with E-state index in [0.29, 0.717) is 0 Å². The number of ether oxygens (including phenoxy) is 2. The molecule has 0 fully saturated rings. The van der Waals surface area contributed by atoms with Gasteiger partial charge < -0.3 is 20.1 Å². The van der Waals surface area contributed by atoms with E-state index in [9.17, 15) is 9.59 Å². The highest BCUT2D eigenvalue weighted by Crippen LogP contribution is 2.35. The van der Waals surface area contributed by atoms with E-state index in [1.54, 1.807) is 27.9 Å². The molecule has 6 nitrogen and oxygen atoms in total. The van der Waals surface area contributed by atoms with Crippen LogP contribution in [0.1, 0.15) is 32.8 Å². The summed E-state index contributed by atoms with van der Waals surface area (Å²) in [5, 5.41) is 0. The zero-order valence-corrected chi connectivity index (χ0v) is 16.9. The first-order valence-corrected chi connectivity index (χ1v) is 9.34. The van der Waals surface area contributed by atoms with Gasteiger partial charge in [0.1, 0.15) is 5.75 Å². The summed E-state index contributed by atoms with van der Waals surface area (Å²) < 4.78 is 9.83. The molecule has 6 heteroatoms. The van der Waals surface area contributed by atoms with Crippen LogP contribution in [0.15, 0.2) is 42.5 Å². The summed E-state index contributed by atoms with van der Waals surface area (Å²) in [7, 11) is 1.69. The molecular formula is C22H28N2O4. The van der Waals surface area contributed by atoms with Crippen LogP contribution in [0.3, 0.4) is 0 Å². The first-order chi connectivity index (χ1) is 13.3. The highest BCUT2D eigenvalue weighted by Gasteiger charge is 2.20. The fourth-order valence-corrected chi connectivity index (χ4v) is 3.21. The summed E-state index contributed by atoms with van der Waals surface area (Å²) in [6.45, 7) is 5.93. The van der Waals surface area contributed by atoms with Crippen LogP contribution in [0.25, 0.3) is 11.1 Å². The van der Waals surface area contributed by atoms with Crippen molar-refractivity contribution in [1.29, 1.82) is 0 Å². The lowest BCUT2D eigenvalue weighted by Crippen LogP contribution is -2.33. The van der Waals surface area contributed by atoms with Gasteiger partial charge in [-0.1, -0.05) is 24.3 Å². The van der Waals surface area contributed by atoms with Gasteiger partial charge in [-0.05, 0) is 56.0 Å². The van der Waals surface area contributed by atoms with E-state index in [-0.39, 0.29) is 12.0 Å². The lowest BCUT2D eigenvalue weighted by atomic mass is 9.95. The molecule has 2 amide bonds. The summed E-state index contributed by atoms with van der Waals surface area (Å²) in [5.41, 5.74) is 9.14. The Hall–Kier alpha value is -3.02. The highest BCUT2D eigenvalue weighted by molar-refractivity contribution is 5.93. The van der Waals surface area contributed by atoms with Gasteiger partial charge in [0.25, 0.3) is 0 Å². The van der Waals surface area contributed by atoms with E-state index in [4.69, 9.17) is 4.74 Å². The minimum absolute atomic E-state index is 0.0995. The third-order valence-electron chi connectivity index (χ3n) is 4.35. The number of para-hydroxylation sites is 1. The number of primary amides is 1. The minimum Gasteiger partial charge on any atom is -0.496 e. The maximum Gasteiger partial charge on any atom is 0.404 e. The Morgan fingerprint density at radius 3 is 2.43 bits per heavy atom. The van der Waals surface area contributed by atoms with E-state index in [0.717, 1.165) is 42.0 Å². The SMILES string of the molecule is CC(C)OC(N)=O.COc1ccccc1-c1ccc2c(c1)CCCN2C(C)=O. The number of hydrogen-bond acceptors (Lipinski definition) is 4. The number of amides is 2. The number of carbonyl (C=O) groups is 2. The number of nitrogens with zero attached hydrogens (tertiary/aromatic N) is 1. The van der Waals surface area contributed by atoms with Crippen molar-refractivity contribution in [2.75, 3.05) is 18.6 Å². The summed E-state index contributed by atoms with van der Waals surface area (Å²) in [5.74, 6) is 0.984. The number of benzene rings is 2. The van der Waals surface area contributed by atoms with Crippen LogP contribution in [0.4, 0.5) is 10.5 Å². The number of nitrogens with two attached hydrogens (primary N) is 1. The second-order valence-electron chi connectivity index (χ2n) is 6.80. The highest BCUT2D eigenvalue weighted by atomic mass is 16.6. The molecule has 150 valence electrons. The van der Waals surface area contributed by atoms with Crippen molar-refractivity contribution in [2.45, 2.75) is 39.7 Å². The standard InChI is InChI=1S/C18H19NO2.C4H9NO2/c1-13(20)19-11-5-6-15-12-14(9-10-17(15)19)16-7-3-4-8-18(16)21-2;1-3(2)7-4(5)6/h3-4,7-10,12H,5-6,11H2,1-2H3;3H,1-2H3,(H2,5,6). The van der Waals surface area contributed by atoms with Crippen molar-refractivity contribution in [3.05, 3.63) is 48.0 Å². The molecule has 0 saturated carbocycles. The molecule has 0 atom stereocenters. The number of anilines is 1. The fraction of sp³-hybridized carbons (Fsp3) is 0.364. The lowest BCUT2D eigenvalue weighted by Gasteiger charge is -2.29. The predicted molar refractivity (Wildman–Crippen MR) is 111 cm³/mol. The molecule has 0 aromatic heterocycles. The van der Waals surface area contributed by atoms with Gasteiger partial charge in [-0.15, -0.1) is 0 Å². The van der Waals surface area contributed by atoms with Gasteiger partial charge in [-0.25, -0.2) is 4.79 Å². The molecule has 0 spiro atoms. The van der Waals surface area contributed by atoms with Gasteiger partial charge in [-0.2, -0.15) is 0 Å². The molecule has 0 radical (unpaired) electrons. The van der Waals surface area contributed by atoms with E-state index in [1.807, 2.05) is 23.1 Å². The average molecular weight is 384 g/mol. The Bertz CT molecular complexity index is 833. The predicted octanol–water partition coefficient (Wildman–Crippen LogP) is 4.15. The Balaban J connectivity index is 0.000000345. The molecule has 0 saturated heterocycles. The van der Waals surface area contributed by atoms with Crippen molar-refractivity contribution in [3.8, 4) is 16.9 Å². The number of aryl methyl sites for hydroxylation is 1. The quantitative estimate of drug-likeness (QED) is 0.862. The molecule has 2 aromatic carbocycles. The Morgan fingerprint density at radius 2 is 1.86 bits per heavy atom. The molecular weight excluding hydrogens is 356 g/mol. The smallest absolute Gasteiger partial charge is 0.404 e. The van der Waals surface area contributed by atoms with Crippen molar-refractivity contribution in [3.63, 3.8) is 0 Å². The summed E-state index contributed by atoms with van der Waals surface area (Å²) in [6, 6.07) is 14.3. The molecule has 0 aliphatic carbocycles. The number of fused-ring (bicyclic) bond motifs is 1. The number of carbonyl (C=O) groups excluding carboxylic acids is 2. The van der Waals surface area contributed by atoms with Gasteiger partial charge in [0, 0.05) is 24.7 Å². The van der Waals surface area contributed by atoms with Crippen LogP contribution < -0.4 is 15.4 Å². The maximum atomic E-state index is 11.7. The van der Waals surface area contributed by atoms with E-state index >= 15 is 0 Å². The second kappa shape index (κ2) is 9.78. The third-order valence-corrected chi connectivity index (χ3v) is 4.35. The Labute approximate surface area is 166 Å². The molecule has 28 heavy (non-hydrogen) atoms. The summed E-state index contributed by atoms with van der Waals surface area (Å²) >= 11 is 0. The van der Waals surface area contributed by atoms with Crippen LogP contribution in [0, 0.1) is 0 Å². The Morgan fingerprint density at radius 1 is 1.14 bits per heavy atom. The zero-order valence-electron chi connectivity index (χ0n) is 16.9. The van der Waals surface area contributed by atoms with Crippen LogP contribution in [-0.4, -0.2) is 31.8 Å². The topological polar surface area (TPSA) is 81.9 Å². The minimum atomic E-state index is -0.713. The maximum absolute atomic E-state index is 11.7. The van der Waals surface area contributed by atoms with Crippen LogP contribution in [-0.2, 0) is 16.0 Å². The zero-order chi connectivity index (χ0) is 20.7. The molecule has 1 aliphatic rings. The second-order valence-corrected chi connectivity index (χ2v) is 6.80. The van der Waals surface area contributed by atoms with Crippen LogP contribution in [0.5, 0.6) is 5.75 Å². The normalized spacial score (nSPS) is 12.5. The summed E-state index contributed by atoms with van der Waals surface area (Å²) in [4.78, 5) is 23.4. The van der Waals surface area contributed by atoms with Crippen LogP contribution in [0.2, 0.25) is 0 Å². The van der Waals surface area contributed by atoms with Gasteiger partial charge in [0.15, 0.2) is 0 Å². The third kappa shape index (κ3) is 5.49. The Kier molecular flexibility index (Phi) is 7.44. The van der Waals surface area contributed by atoms with E-state index in [1.165, 1.54) is 5.56 Å². The molecule has 1 aliphatic heterocycles. The average Bonchev–Trinajstić information content (AvgIpc) is 2.66. The van der Waals surface area contributed by atoms with Crippen molar-refractivity contribution in [1.82, 2.24) is 0 Å². The van der Waals surface area contributed by atoms with Crippen molar-refractivity contribution in [2.24, 2.45) is 5.73 Å². The fourth-order valence-electron chi connectivity index (χ4n) is 3.21. The molecule has 0 bridgehead atoms. The first kappa shape index (κ1) is 21.3. The molecule has 0 unspecified atom stereocenters. The van der Waals surface area contributed by atoms with Crippen LogP contribution >= 0.6 is 0 Å². The monoisotopic (exact) mass is 384 g/mol. The number of methoxy groups -OCH3 is 1. The lowest BCUT2D eigenvalue weighted by molar-refractivity contribution is -0.116. The van der Waals surface area contributed by atoms with Crippen molar-refractivity contribution >= 4 is 17.7 Å². The molecule has 2 aromatic rings. The summed E-state index contributed by atoms with van der Waals surface area (Å²) in [6.07, 6.45) is 1.22. The van der Waals surface area contributed by atoms with Crippen molar-refractivity contribution < 1.29 is 19.1 Å². The van der Waals surface area contributed by atoms with E-state index in [2.05, 4.69) is 34.7 Å². The van der Waals surface area contributed by atoms with Gasteiger partial charge in [0.05, 0.1) is 13.2 Å². The van der Waals surface area contributed by atoms with E-state index < -0.39 is 6.09 Å². The molecule has 2 N–H and O–H groups in total. The number of hydrogen-bond donors (Lipinski definition) is 1. The van der Waals surface area contributed by atoms with Gasteiger partial charge in [0.2, 0.25) is 5.91 Å². The number of rotatable bonds is 3.